The van der Waals surface area contributed by atoms with Crippen LogP contribution in [0.15, 0.2) is 36.5 Å². The van der Waals surface area contributed by atoms with Crippen LogP contribution in [0.5, 0.6) is 5.75 Å². The van der Waals surface area contributed by atoms with E-state index in [0.29, 0.717) is 41.1 Å². The van der Waals surface area contributed by atoms with E-state index in [1.165, 1.54) is 0 Å². The van der Waals surface area contributed by atoms with Gasteiger partial charge < -0.3 is 14.0 Å². The molecule has 0 atom stereocenters. The normalized spacial score (nSPS) is 11.0. The van der Waals surface area contributed by atoms with E-state index >= 15 is 0 Å². The summed E-state index contributed by atoms with van der Waals surface area (Å²) in [5.41, 5.74) is 2.95. The van der Waals surface area contributed by atoms with E-state index in [1.54, 1.807) is 17.2 Å². The summed E-state index contributed by atoms with van der Waals surface area (Å²) in [6.07, 6.45) is 1.96. The number of hydrogen-bond donors (Lipinski definition) is 0. The predicted molar refractivity (Wildman–Crippen MR) is 113 cm³/mol. The van der Waals surface area contributed by atoms with Gasteiger partial charge in [-0.2, -0.15) is 0 Å². The minimum atomic E-state index is 0.0371. The molecule has 2 aromatic heterocycles. The monoisotopic (exact) mass is 419 g/mol. The van der Waals surface area contributed by atoms with Gasteiger partial charge in [-0.3, -0.25) is 4.79 Å². The third kappa shape index (κ3) is 4.10. The van der Waals surface area contributed by atoms with Crippen molar-refractivity contribution in [2.24, 2.45) is 0 Å². The largest absolute Gasteiger partial charge is 0.494 e. The van der Waals surface area contributed by atoms with Gasteiger partial charge in [-0.1, -0.05) is 23.2 Å². The number of halogens is 2. The van der Waals surface area contributed by atoms with Crippen LogP contribution in [0.25, 0.3) is 16.9 Å². The van der Waals surface area contributed by atoms with Gasteiger partial charge in [0, 0.05) is 24.8 Å². The van der Waals surface area contributed by atoms with Gasteiger partial charge in [-0.15, -0.1) is 0 Å². The lowest BCUT2D eigenvalue weighted by Crippen LogP contribution is -2.32. The first kappa shape index (κ1) is 20.5. The molecule has 1 aromatic carbocycles. The summed E-state index contributed by atoms with van der Waals surface area (Å²) in [5, 5.41) is 0.936. The zero-order chi connectivity index (χ0) is 20.3. The van der Waals surface area contributed by atoms with Crippen LogP contribution in [0.4, 0.5) is 0 Å². The molecule has 0 radical (unpaired) electrons. The van der Waals surface area contributed by atoms with Gasteiger partial charge in [0.25, 0.3) is 0 Å². The van der Waals surface area contributed by atoms with Gasteiger partial charge in [0.2, 0.25) is 5.91 Å². The standard InChI is InChI=1S/C21H23Cl2N3O2/c1-4-25(5-2)19(27)12-18-20(14-7-9-16(10-8-14)28-6-3)24-21-17(23)11-15(22)13-26(18)21/h7-11,13H,4-6,12H2,1-3H3. The first-order chi connectivity index (χ1) is 13.5. The highest BCUT2D eigenvalue weighted by molar-refractivity contribution is 6.36. The number of amides is 1. The summed E-state index contributed by atoms with van der Waals surface area (Å²) < 4.78 is 7.34. The number of hydrogen-bond acceptors (Lipinski definition) is 3. The third-order valence-electron chi connectivity index (χ3n) is 4.61. The first-order valence-corrected chi connectivity index (χ1v) is 10.1. The number of rotatable bonds is 7. The lowest BCUT2D eigenvalue weighted by Gasteiger charge is -2.19. The predicted octanol–water partition coefficient (Wildman–Crippen LogP) is 5.12. The molecule has 0 N–H and O–H groups in total. The molecule has 0 saturated heterocycles. The van der Waals surface area contributed by atoms with Crippen LogP contribution in [-0.2, 0) is 11.2 Å². The average molecular weight is 420 g/mol. The molecule has 28 heavy (non-hydrogen) atoms. The van der Waals surface area contributed by atoms with Crippen LogP contribution in [0.1, 0.15) is 26.5 Å². The van der Waals surface area contributed by atoms with E-state index in [9.17, 15) is 4.79 Å². The van der Waals surface area contributed by atoms with Crippen molar-refractivity contribution < 1.29 is 9.53 Å². The summed E-state index contributed by atoms with van der Waals surface area (Å²) >= 11 is 12.6. The van der Waals surface area contributed by atoms with Crippen LogP contribution in [0.2, 0.25) is 10.0 Å². The molecule has 3 rings (SSSR count). The van der Waals surface area contributed by atoms with Gasteiger partial charge in [0.15, 0.2) is 5.65 Å². The maximum absolute atomic E-state index is 12.8. The van der Waals surface area contributed by atoms with Gasteiger partial charge in [-0.25, -0.2) is 4.98 Å². The van der Waals surface area contributed by atoms with Crippen molar-refractivity contribution in [2.45, 2.75) is 27.2 Å². The number of benzene rings is 1. The minimum Gasteiger partial charge on any atom is -0.494 e. The maximum Gasteiger partial charge on any atom is 0.228 e. The van der Waals surface area contributed by atoms with Crippen molar-refractivity contribution in [3.63, 3.8) is 0 Å². The van der Waals surface area contributed by atoms with E-state index in [0.717, 1.165) is 17.0 Å². The molecule has 0 spiro atoms. The Morgan fingerprint density at radius 2 is 1.82 bits per heavy atom. The van der Waals surface area contributed by atoms with E-state index in [1.807, 2.05) is 49.4 Å². The van der Waals surface area contributed by atoms with Crippen LogP contribution >= 0.6 is 23.2 Å². The Balaban J connectivity index is 2.12. The fourth-order valence-electron chi connectivity index (χ4n) is 3.23. The molecule has 0 saturated carbocycles. The first-order valence-electron chi connectivity index (χ1n) is 9.35. The zero-order valence-electron chi connectivity index (χ0n) is 16.2. The van der Waals surface area contributed by atoms with Gasteiger partial charge in [0.05, 0.1) is 34.5 Å². The molecular formula is C21H23Cl2N3O2. The summed E-state index contributed by atoms with van der Waals surface area (Å²) in [5.74, 6) is 0.826. The number of imidazole rings is 1. The average Bonchev–Trinajstić information content (AvgIpc) is 3.02. The fourth-order valence-corrected chi connectivity index (χ4v) is 3.74. The molecule has 5 nitrogen and oxygen atoms in total. The summed E-state index contributed by atoms with van der Waals surface area (Å²) in [7, 11) is 0. The lowest BCUT2D eigenvalue weighted by molar-refractivity contribution is -0.130. The quantitative estimate of drug-likeness (QED) is 0.533. The molecule has 148 valence electrons. The third-order valence-corrected chi connectivity index (χ3v) is 5.10. The van der Waals surface area contributed by atoms with E-state index in [4.69, 9.17) is 32.9 Å². The number of pyridine rings is 1. The van der Waals surface area contributed by atoms with Crippen molar-refractivity contribution in [2.75, 3.05) is 19.7 Å². The summed E-state index contributed by atoms with van der Waals surface area (Å²) in [6.45, 7) is 7.80. The second kappa shape index (κ2) is 8.84. The number of likely N-dealkylation sites (N-methyl/N-ethyl adjacent to an activating group) is 1. The number of carbonyl (C=O) groups excluding carboxylic acids is 1. The highest BCUT2D eigenvalue weighted by Gasteiger charge is 2.21. The summed E-state index contributed by atoms with van der Waals surface area (Å²) in [4.78, 5) is 19.3. The minimum absolute atomic E-state index is 0.0371. The van der Waals surface area contributed by atoms with E-state index in [2.05, 4.69) is 0 Å². The lowest BCUT2D eigenvalue weighted by atomic mass is 10.1. The molecule has 1 amide bonds. The maximum atomic E-state index is 12.8. The van der Waals surface area contributed by atoms with Crippen molar-refractivity contribution >= 4 is 34.8 Å². The Morgan fingerprint density at radius 3 is 2.43 bits per heavy atom. The van der Waals surface area contributed by atoms with Crippen LogP contribution in [-0.4, -0.2) is 39.9 Å². The van der Waals surface area contributed by atoms with E-state index < -0.39 is 0 Å². The van der Waals surface area contributed by atoms with E-state index in [-0.39, 0.29) is 12.3 Å². The van der Waals surface area contributed by atoms with Crippen LogP contribution in [0.3, 0.4) is 0 Å². The highest BCUT2D eigenvalue weighted by atomic mass is 35.5. The second-order valence-corrected chi connectivity index (χ2v) is 7.15. The molecule has 0 unspecified atom stereocenters. The van der Waals surface area contributed by atoms with Crippen molar-refractivity contribution in [3.8, 4) is 17.0 Å². The van der Waals surface area contributed by atoms with Crippen molar-refractivity contribution in [1.29, 1.82) is 0 Å². The number of aromatic nitrogens is 2. The highest BCUT2D eigenvalue weighted by Crippen LogP contribution is 2.31. The smallest absolute Gasteiger partial charge is 0.228 e. The van der Waals surface area contributed by atoms with Crippen LogP contribution < -0.4 is 4.74 Å². The molecule has 3 aromatic rings. The molecule has 0 bridgehead atoms. The van der Waals surface area contributed by atoms with Gasteiger partial charge in [-0.05, 0) is 51.1 Å². The van der Waals surface area contributed by atoms with Gasteiger partial charge in [0.1, 0.15) is 5.75 Å². The Labute approximate surface area is 174 Å². The van der Waals surface area contributed by atoms with Crippen LogP contribution in [0, 0.1) is 0 Å². The molecule has 0 aliphatic rings. The van der Waals surface area contributed by atoms with Crippen molar-refractivity contribution in [3.05, 3.63) is 52.3 Å². The topological polar surface area (TPSA) is 46.8 Å². The SMILES string of the molecule is CCOc1ccc(-c2nc3c(Cl)cc(Cl)cn3c2CC(=O)N(CC)CC)cc1. The van der Waals surface area contributed by atoms with Gasteiger partial charge >= 0.3 is 0 Å². The summed E-state index contributed by atoms with van der Waals surface area (Å²) in [6, 6.07) is 9.32. The second-order valence-electron chi connectivity index (χ2n) is 6.31. The number of fused-ring (bicyclic) bond motifs is 1. The molecular weight excluding hydrogens is 397 g/mol. The Kier molecular flexibility index (Phi) is 6.47. The fraction of sp³-hybridized carbons (Fsp3) is 0.333. The van der Waals surface area contributed by atoms with Crippen molar-refractivity contribution in [1.82, 2.24) is 14.3 Å². The number of nitrogens with zero attached hydrogens (tertiary/aromatic N) is 3. The Bertz CT molecular complexity index is 979. The molecule has 0 fully saturated rings. The number of ether oxygens (including phenoxy) is 1. The zero-order valence-corrected chi connectivity index (χ0v) is 17.7. The molecule has 0 aliphatic heterocycles. The molecule has 7 heteroatoms. The molecule has 2 heterocycles. The number of carbonyl (C=O) groups is 1. The Hall–Kier alpha value is -2.24. The Morgan fingerprint density at radius 1 is 1.14 bits per heavy atom. The molecule has 0 aliphatic carbocycles.